The molecule has 2 aromatic carbocycles. The van der Waals surface area contributed by atoms with E-state index >= 15 is 0 Å². The van der Waals surface area contributed by atoms with Gasteiger partial charge in [0.1, 0.15) is 0 Å². The molecule has 0 saturated carbocycles. The number of nitrogens with one attached hydrogen (secondary N) is 2. The Morgan fingerprint density at radius 2 is 1.91 bits per heavy atom. The molecule has 1 heterocycles. The Balaban J connectivity index is 1.56. The van der Waals surface area contributed by atoms with Gasteiger partial charge in [-0.05, 0) is 70.8 Å². The Hall–Kier alpha value is -2.40. The van der Waals surface area contributed by atoms with Gasteiger partial charge in [-0.25, -0.2) is 0 Å². The van der Waals surface area contributed by atoms with Crippen LogP contribution in [0.3, 0.4) is 0 Å². The number of aromatic nitrogens is 3. The molecule has 0 saturated heterocycles. The molecule has 2 N–H and O–H groups in total. The van der Waals surface area contributed by atoms with Crippen LogP contribution in [-0.2, 0) is 18.4 Å². The highest BCUT2D eigenvalue weighted by Crippen LogP contribution is 2.26. The Morgan fingerprint density at radius 1 is 1.16 bits per heavy atom. The first-order chi connectivity index (χ1) is 15.3. The summed E-state index contributed by atoms with van der Waals surface area (Å²) in [7, 11) is 1.82. The number of anilines is 1. The van der Waals surface area contributed by atoms with Crippen molar-refractivity contribution in [2.45, 2.75) is 38.4 Å². The van der Waals surface area contributed by atoms with Crippen molar-refractivity contribution in [1.82, 2.24) is 20.1 Å². The van der Waals surface area contributed by atoms with Crippen molar-refractivity contribution in [3.05, 3.63) is 68.5 Å². The van der Waals surface area contributed by atoms with E-state index in [0.29, 0.717) is 22.5 Å². The SMILES string of the molecule is Cc1ccccc1C(=O)NCc1nnc(SCC(=O)Nc2ccc(I)cc2C(C)C)n1C. The number of carbonyl (C=O) groups excluding carboxylic acids is 2. The van der Waals surface area contributed by atoms with Crippen LogP contribution in [0.2, 0.25) is 0 Å². The highest BCUT2D eigenvalue weighted by Gasteiger charge is 2.15. The van der Waals surface area contributed by atoms with Gasteiger partial charge in [-0.15, -0.1) is 10.2 Å². The highest BCUT2D eigenvalue weighted by molar-refractivity contribution is 14.1. The number of hydrogen-bond acceptors (Lipinski definition) is 5. The van der Waals surface area contributed by atoms with E-state index < -0.39 is 0 Å². The standard InChI is InChI=1S/C23H26IN5O2S/c1-14(2)18-11-16(24)9-10-19(18)26-21(30)13-32-23-28-27-20(29(23)4)12-25-22(31)17-8-6-5-7-15(17)3/h5-11,14H,12-13H2,1-4H3,(H,25,31)(H,26,30). The lowest BCUT2D eigenvalue weighted by molar-refractivity contribution is -0.113. The third-order valence-electron chi connectivity index (χ3n) is 4.96. The van der Waals surface area contributed by atoms with Crippen LogP contribution in [0, 0.1) is 10.5 Å². The van der Waals surface area contributed by atoms with Gasteiger partial charge in [0, 0.05) is 21.9 Å². The zero-order valence-electron chi connectivity index (χ0n) is 18.5. The summed E-state index contributed by atoms with van der Waals surface area (Å²) < 4.78 is 2.93. The molecule has 9 heteroatoms. The van der Waals surface area contributed by atoms with Gasteiger partial charge in [-0.3, -0.25) is 9.59 Å². The van der Waals surface area contributed by atoms with Crippen LogP contribution in [0.15, 0.2) is 47.6 Å². The van der Waals surface area contributed by atoms with Crippen molar-refractivity contribution in [2.75, 3.05) is 11.1 Å². The van der Waals surface area contributed by atoms with Crippen LogP contribution < -0.4 is 10.6 Å². The molecular weight excluding hydrogens is 537 g/mol. The molecule has 0 bridgehead atoms. The van der Waals surface area contributed by atoms with E-state index in [4.69, 9.17) is 0 Å². The Morgan fingerprint density at radius 3 is 2.62 bits per heavy atom. The van der Waals surface area contributed by atoms with Crippen LogP contribution in [0.4, 0.5) is 5.69 Å². The summed E-state index contributed by atoms with van der Waals surface area (Å²) in [5.74, 6) is 0.887. The molecule has 0 aliphatic heterocycles. The van der Waals surface area contributed by atoms with Crippen molar-refractivity contribution in [2.24, 2.45) is 7.05 Å². The summed E-state index contributed by atoms with van der Waals surface area (Å²) in [6.07, 6.45) is 0. The minimum Gasteiger partial charge on any atom is -0.345 e. The maximum atomic E-state index is 12.5. The van der Waals surface area contributed by atoms with Crippen molar-refractivity contribution in [1.29, 1.82) is 0 Å². The summed E-state index contributed by atoms with van der Waals surface area (Å²) in [6, 6.07) is 13.4. The third-order valence-corrected chi connectivity index (χ3v) is 6.66. The number of hydrogen-bond donors (Lipinski definition) is 2. The summed E-state index contributed by atoms with van der Waals surface area (Å²) in [4.78, 5) is 24.9. The summed E-state index contributed by atoms with van der Waals surface area (Å²) in [6.45, 7) is 6.37. The first kappa shape index (κ1) is 24.2. The van der Waals surface area contributed by atoms with E-state index in [1.807, 2.05) is 44.3 Å². The van der Waals surface area contributed by atoms with Crippen LogP contribution in [0.25, 0.3) is 0 Å². The fourth-order valence-corrected chi connectivity index (χ4v) is 4.39. The molecule has 3 aromatic rings. The lowest BCUT2D eigenvalue weighted by Crippen LogP contribution is -2.25. The number of benzene rings is 2. The molecule has 0 aliphatic rings. The molecule has 0 fully saturated rings. The number of amides is 2. The Kier molecular flexibility index (Phi) is 8.30. The van der Waals surface area contributed by atoms with Gasteiger partial charge < -0.3 is 15.2 Å². The average molecular weight is 563 g/mol. The van der Waals surface area contributed by atoms with E-state index in [1.165, 1.54) is 11.8 Å². The molecule has 168 valence electrons. The second kappa shape index (κ2) is 11.0. The molecule has 7 nitrogen and oxygen atoms in total. The number of rotatable bonds is 8. The predicted octanol–water partition coefficient (Wildman–Crippen LogP) is 4.51. The number of carbonyl (C=O) groups is 2. The molecule has 0 unspecified atom stereocenters. The predicted molar refractivity (Wildman–Crippen MR) is 136 cm³/mol. The fourth-order valence-electron chi connectivity index (χ4n) is 3.15. The van der Waals surface area contributed by atoms with Gasteiger partial charge in [0.2, 0.25) is 5.91 Å². The molecule has 3 rings (SSSR count). The first-order valence-electron chi connectivity index (χ1n) is 10.2. The van der Waals surface area contributed by atoms with Crippen molar-refractivity contribution in [3.8, 4) is 0 Å². The molecule has 0 aliphatic carbocycles. The zero-order chi connectivity index (χ0) is 23.3. The first-order valence-corrected chi connectivity index (χ1v) is 12.3. The number of aryl methyl sites for hydroxylation is 1. The smallest absolute Gasteiger partial charge is 0.251 e. The number of halogens is 1. The zero-order valence-corrected chi connectivity index (χ0v) is 21.5. The molecule has 0 spiro atoms. The van der Waals surface area contributed by atoms with Crippen molar-refractivity contribution in [3.63, 3.8) is 0 Å². The van der Waals surface area contributed by atoms with Gasteiger partial charge in [-0.1, -0.05) is 43.8 Å². The molecule has 32 heavy (non-hydrogen) atoms. The van der Waals surface area contributed by atoms with Gasteiger partial charge in [0.05, 0.1) is 12.3 Å². The topological polar surface area (TPSA) is 88.9 Å². The van der Waals surface area contributed by atoms with Crippen LogP contribution in [0.1, 0.15) is 47.1 Å². The Labute approximate surface area is 205 Å². The van der Waals surface area contributed by atoms with Crippen LogP contribution in [0.5, 0.6) is 0 Å². The van der Waals surface area contributed by atoms with Crippen LogP contribution in [-0.4, -0.2) is 32.3 Å². The van der Waals surface area contributed by atoms with Crippen LogP contribution >= 0.6 is 34.4 Å². The normalized spacial score (nSPS) is 10.9. The second-order valence-electron chi connectivity index (χ2n) is 7.68. The second-order valence-corrected chi connectivity index (χ2v) is 9.87. The van der Waals surface area contributed by atoms with Gasteiger partial charge in [0.15, 0.2) is 11.0 Å². The lowest BCUT2D eigenvalue weighted by Gasteiger charge is -2.14. The lowest BCUT2D eigenvalue weighted by atomic mass is 10.0. The Bertz CT molecular complexity index is 1130. The maximum Gasteiger partial charge on any atom is 0.251 e. The molecule has 0 atom stereocenters. The van der Waals surface area contributed by atoms with E-state index in [0.717, 1.165) is 20.4 Å². The van der Waals surface area contributed by atoms with E-state index in [2.05, 4.69) is 63.3 Å². The van der Waals surface area contributed by atoms with Crippen molar-refractivity contribution < 1.29 is 9.59 Å². The summed E-state index contributed by atoms with van der Waals surface area (Å²) in [5.41, 5.74) is 3.50. The number of thioether (sulfide) groups is 1. The minimum absolute atomic E-state index is 0.101. The number of nitrogens with zero attached hydrogens (tertiary/aromatic N) is 3. The minimum atomic E-state index is -0.154. The average Bonchev–Trinajstić information content (AvgIpc) is 3.11. The summed E-state index contributed by atoms with van der Waals surface area (Å²) >= 11 is 3.58. The van der Waals surface area contributed by atoms with Gasteiger partial charge in [0.25, 0.3) is 5.91 Å². The third kappa shape index (κ3) is 6.10. The monoisotopic (exact) mass is 563 g/mol. The fraction of sp³-hybridized carbons (Fsp3) is 0.304. The molecule has 1 aromatic heterocycles. The van der Waals surface area contributed by atoms with Gasteiger partial charge >= 0.3 is 0 Å². The molecular formula is C23H26IN5O2S. The van der Waals surface area contributed by atoms with Gasteiger partial charge in [-0.2, -0.15) is 0 Å². The maximum absolute atomic E-state index is 12.5. The van der Waals surface area contributed by atoms with E-state index in [9.17, 15) is 9.59 Å². The van der Waals surface area contributed by atoms with E-state index in [1.54, 1.807) is 10.6 Å². The summed E-state index contributed by atoms with van der Waals surface area (Å²) in [5, 5.41) is 14.8. The van der Waals surface area contributed by atoms with Crippen molar-refractivity contribution >= 4 is 51.9 Å². The molecule has 2 amide bonds. The highest BCUT2D eigenvalue weighted by atomic mass is 127. The molecule has 0 radical (unpaired) electrons. The van der Waals surface area contributed by atoms with E-state index in [-0.39, 0.29) is 24.1 Å². The largest absolute Gasteiger partial charge is 0.345 e. The quantitative estimate of drug-likeness (QED) is 0.311.